The van der Waals surface area contributed by atoms with Crippen molar-refractivity contribution in [1.82, 2.24) is 9.80 Å². The van der Waals surface area contributed by atoms with Crippen molar-refractivity contribution in [1.29, 1.82) is 0 Å². The zero-order valence-corrected chi connectivity index (χ0v) is 10.4. The summed E-state index contributed by atoms with van der Waals surface area (Å²) in [5.74, 6) is 2.77. The van der Waals surface area contributed by atoms with Crippen molar-refractivity contribution < 1.29 is 4.79 Å². The van der Waals surface area contributed by atoms with Gasteiger partial charge in [-0.3, -0.25) is 9.69 Å². The predicted molar refractivity (Wildman–Crippen MR) is 64.6 cm³/mol. The first-order valence-corrected chi connectivity index (χ1v) is 7.15. The minimum absolute atomic E-state index is 0.0807. The molecule has 1 atom stereocenters. The average Bonchev–Trinajstić information content (AvgIpc) is 2.82. The third-order valence-corrected chi connectivity index (χ3v) is 4.58. The molecule has 15 heavy (non-hydrogen) atoms. The van der Waals surface area contributed by atoms with Crippen LogP contribution in [0.4, 0.5) is 0 Å². The van der Waals surface area contributed by atoms with Crippen LogP contribution >= 0.6 is 23.4 Å². The molecule has 0 bridgehead atoms. The van der Waals surface area contributed by atoms with Crippen molar-refractivity contribution in [3.63, 3.8) is 0 Å². The van der Waals surface area contributed by atoms with E-state index >= 15 is 0 Å². The van der Waals surface area contributed by atoms with Gasteiger partial charge in [0.1, 0.15) is 5.88 Å². The third kappa shape index (κ3) is 2.80. The highest BCUT2D eigenvalue weighted by atomic mass is 35.5. The van der Waals surface area contributed by atoms with Crippen molar-refractivity contribution >= 4 is 29.3 Å². The maximum atomic E-state index is 11.4. The molecule has 2 rings (SSSR count). The fraction of sp³-hybridized carbons (Fsp3) is 0.900. The van der Waals surface area contributed by atoms with Gasteiger partial charge < -0.3 is 4.90 Å². The number of thioether (sulfide) groups is 1. The average molecular weight is 249 g/mol. The van der Waals surface area contributed by atoms with Gasteiger partial charge in [0.05, 0.1) is 0 Å². The Kier molecular flexibility index (Phi) is 4.17. The van der Waals surface area contributed by atoms with Crippen LogP contribution < -0.4 is 0 Å². The second-order valence-corrected chi connectivity index (χ2v) is 5.48. The molecule has 2 aliphatic heterocycles. The number of carbonyl (C=O) groups is 1. The summed E-state index contributed by atoms with van der Waals surface area (Å²) in [5.41, 5.74) is 0. The van der Waals surface area contributed by atoms with E-state index < -0.39 is 0 Å². The molecule has 0 saturated carbocycles. The minimum atomic E-state index is 0.0807. The number of nitrogens with zero attached hydrogens (tertiary/aromatic N) is 2. The normalized spacial score (nSPS) is 28.3. The lowest BCUT2D eigenvalue weighted by Crippen LogP contribution is -2.52. The number of alkyl halides is 1. The van der Waals surface area contributed by atoms with E-state index in [-0.39, 0.29) is 11.8 Å². The van der Waals surface area contributed by atoms with Crippen LogP contribution in [0.5, 0.6) is 0 Å². The predicted octanol–water partition coefficient (Wildman–Crippen LogP) is 0.875. The smallest absolute Gasteiger partial charge is 0.237 e. The maximum absolute atomic E-state index is 11.4. The Morgan fingerprint density at radius 1 is 1.33 bits per heavy atom. The molecule has 2 fully saturated rings. The summed E-state index contributed by atoms with van der Waals surface area (Å²) in [7, 11) is 0. The fourth-order valence-electron chi connectivity index (χ4n) is 2.23. The van der Waals surface area contributed by atoms with E-state index in [4.69, 9.17) is 11.6 Å². The largest absolute Gasteiger partial charge is 0.339 e. The molecule has 0 N–H and O–H groups in total. The second kappa shape index (κ2) is 5.41. The van der Waals surface area contributed by atoms with Gasteiger partial charge in [-0.1, -0.05) is 0 Å². The first kappa shape index (κ1) is 11.6. The Labute approximate surface area is 100 Å². The highest BCUT2D eigenvalue weighted by molar-refractivity contribution is 7.99. The Bertz CT molecular complexity index is 225. The van der Waals surface area contributed by atoms with Crippen LogP contribution in [0.25, 0.3) is 0 Å². The van der Waals surface area contributed by atoms with Crippen LogP contribution in [0.3, 0.4) is 0 Å². The molecule has 86 valence electrons. The zero-order chi connectivity index (χ0) is 10.7. The molecule has 1 amide bonds. The van der Waals surface area contributed by atoms with E-state index in [9.17, 15) is 4.79 Å². The highest BCUT2D eigenvalue weighted by Crippen LogP contribution is 2.23. The van der Waals surface area contributed by atoms with Crippen molar-refractivity contribution in [3.8, 4) is 0 Å². The summed E-state index contributed by atoms with van der Waals surface area (Å²) in [6.07, 6.45) is 1.31. The van der Waals surface area contributed by atoms with Gasteiger partial charge in [0, 0.05) is 38.0 Å². The molecule has 0 aromatic carbocycles. The van der Waals surface area contributed by atoms with E-state index in [1.165, 1.54) is 17.9 Å². The van der Waals surface area contributed by atoms with Crippen molar-refractivity contribution in [2.75, 3.05) is 43.6 Å². The number of rotatable bonds is 2. The standard InChI is InChI=1S/C10H17ClN2OS/c11-7-10(14)13-4-2-12(3-5-13)9-1-6-15-8-9/h9H,1-8H2/t9-/m1/s1. The Morgan fingerprint density at radius 2 is 2.07 bits per heavy atom. The van der Waals surface area contributed by atoms with Crippen molar-refractivity contribution in [2.24, 2.45) is 0 Å². The maximum Gasteiger partial charge on any atom is 0.237 e. The molecule has 2 heterocycles. The lowest BCUT2D eigenvalue weighted by atomic mass is 10.2. The lowest BCUT2D eigenvalue weighted by Gasteiger charge is -2.37. The Balaban J connectivity index is 1.78. The molecule has 0 aliphatic carbocycles. The number of carbonyl (C=O) groups excluding carboxylic acids is 1. The van der Waals surface area contributed by atoms with Gasteiger partial charge in [0.2, 0.25) is 5.91 Å². The SMILES string of the molecule is O=C(CCl)N1CCN([C@@H]2CCSC2)CC1. The third-order valence-electron chi connectivity index (χ3n) is 3.20. The van der Waals surface area contributed by atoms with Gasteiger partial charge in [0.15, 0.2) is 0 Å². The highest BCUT2D eigenvalue weighted by Gasteiger charge is 2.27. The fourth-order valence-corrected chi connectivity index (χ4v) is 3.66. The molecule has 0 unspecified atom stereocenters. The molecule has 3 nitrogen and oxygen atoms in total. The molecule has 0 spiro atoms. The molecule has 0 radical (unpaired) electrons. The zero-order valence-electron chi connectivity index (χ0n) is 8.82. The summed E-state index contributed by atoms with van der Waals surface area (Å²) in [4.78, 5) is 15.8. The van der Waals surface area contributed by atoms with Crippen LogP contribution in [0.2, 0.25) is 0 Å². The summed E-state index contributed by atoms with van der Waals surface area (Å²) in [5, 5.41) is 0. The molecule has 5 heteroatoms. The number of hydrogen-bond donors (Lipinski definition) is 0. The Morgan fingerprint density at radius 3 is 2.60 bits per heavy atom. The Hall–Kier alpha value is 0.0700. The molecule has 0 aromatic heterocycles. The van der Waals surface area contributed by atoms with Gasteiger partial charge in [-0.15, -0.1) is 11.6 Å². The quantitative estimate of drug-likeness (QED) is 0.678. The van der Waals surface area contributed by atoms with Gasteiger partial charge >= 0.3 is 0 Å². The first-order valence-electron chi connectivity index (χ1n) is 5.47. The van der Waals surface area contributed by atoms with Gasteiger partial charge in [-0.05, 0) is 12.2 Å². The van der Waals surface area contributed by atoms with Crippen LogP contribution in [0, 0.1) is 0 Å². The van der Waals surface area contributed by atoms with E-state index in [1.807, 2.05) is 16.7 Å². The van der Waals surface area contributed by atoms with E-state index in [0.717, 1.165) is 32.2 Å². The van der Waals surface area contributed by atoms with Gasteiger partial charge in [-0.2, -0.15) is 11.8 Å². The second-order valence-electron chi connectivity index (χ2n) is 4.07. The molecular formula is C10H17ClN2OS. The van der Waals surface area contributed by atoms with Crippen LogP contribution in [-0.2, 0) is 4.79 Å². The van der Waals surface area contributed by atoms with Gasteiger partial charge in [0.25, 0.3) is 0 Å². The van der Waals surface area contributed by atoms with Crippen molar-refractivity contribution in [2.45, 2.75) is 12.5 Å². The van der Waals surface area contributed by atoms with Crippen LogP contribution in [0.15, 0.2) is 0 Å². The summed E-state index contributed by atoms with van der Waals surface area (Å²) < 4.78 is 0. The van der Waals surface area contributed by atoms with E-state index in [1.54, 1.807) is 0 Å². The molecular weight excluding hydrogens is 232 g/mol. The van der Waals surface area contributed by atoms with E-state index in [2.05, 4.69) is 4.90 Å². The van der Waals surface area contributed by atoms with E-state index in [0.29, 0.717) is 0 Å². The minimum Gasteiger partial charge on any atom is -0.339 e. The van der Waals surface area contributed by atoms with Gasteiger partial charge in [-0.25, -0.2) is 0 Å². The summed E-state index contributed by atoms with van der Waals surface area (Å²) in [6, 6.07) is 0.753. The molecule has 0 aromatic rings. The van der Waals surface area contributed by atoms with Crippen LogP contribution in [-0.4, -0.2) is 65.3 Å². The lowest BCUT2D eigenvalue weighted by molar-refractivity contribution is -0.130. The number of hydrogen-bond acceptors (Lipinski definition) is 3. The monoisotopic (exact) mass is 248 g/mol. The summed E-state index contributed by atoms with van der Waals surface area (Å²) >= 11 is 7.58. The number of amides is 1. The topological polar surface area (TPSA) is 23.6 Å². The molecule has 2 aliphatic rings. The summed E-state index contributed by atoms with van der Waals surface area (Å²) in [6.45, 7) is 3.75. The number of piperazine rings is 1. The molecule has 2 saturated heterocycles. The first-order chi connectivity index (χ1) is 7.31. The van der Waals surface area contributed by atoms with Crippen LogP contribution in [0.1, 0.15) is 6.42 Å². The van der Waals surface area contributed by atoms with Crippen molar-refractivity contribution in [3.05, 3.63) is 0 Å². The number of halogens is 1.